The summed E-state index contributed by atoms with van der Waals surface area (Å²) >= 11 is 14.4. The molecule has 1 radical (unpaired) electrons. The van der Waals surface area contributed by atoms with Crippen molar-refractivity contribution in [2.75, 3.05) is 51.3 Å². The molecule has 2 aliphatic rings. The van der Waals surface area contributed by atoms with Crippen molar-refractivity contribution in [3.63, 3.8) is 0 Å². The summed E-state index contributed by atoms with van der Waals surface area (Å²) in [4.78, 5) is 7.79. The molecule has 46 heavy (non-hydrogen) atoms. The fourth-order valence-electron chi connectivity index (χ4n) is 5.78. The van der Waals surface area contributed by atoms with Crippen LogP contribution in [0.5, 0.6) is 5.75 Å². The van der Waals surface area contributed by atoms with Crippen LogP contribution in [0.15, 0.2) is 71.7 Å². The summed E-state index contributed by atoms with van der Waals surface area (Å²) in [7, 11) is 0. The van der Waals surface area contributed by atoms with E-state index in [9.17, 15) is 0 Å². The minimum atomic E-state index is -0.660. The molecule has 1 saturated heterocycles. The van der Waals surface area contributed by atoms with Crippen LogP contribution in [0.1, 0.15) is 70.2 Å². The first-order chi connectivity index (χ1) is 21.4. The fourth-order valence-corrected chi connectivity index (χ4v) is 6.45. The van der Waals surface area contributed by atoms with Crippen molar-refractivity contribution in [2.24, 2.45) is 4.99 Å². The number of amidine groups is 1. The standard InChI is InChI=1S/C29H31Cl2N2O.C8H17N2S.Y/c1-7-34-25-18-21(27(2,3)4)12-17-24(25)26-32-28(5,19-8-13-22(30)14-9-19)29(6,33-26)20-10-15-23(31)16-11-20;1-11-8-2-5-10-6-3-9-4-7-10;/h8-18H,7H2,1-6H3;2-8H2,1H3;/q2*-1;/t28-,29+;;. The third-order valence-electron chi connectivity index (χ3n) is 8.78. The molecule has 0 bridgehead atoms. The number of rotatable bonds is 9. The Morgan fingerprint density at radius 3 is 2.04 bits per heavy atom. The minimum absolute atomic E-state index is 0. The van der Waals surface area contributed by atoms with Crippen molar-refractivity contribution in [3.8, 4) is 5.75 Å². The molecule has 2 atom stereocenters. The molecule has 247 valence electrons. The molecule has 0 N–H and O–H groups in total. The zero-order chi connectivity index (χ0) is 32.7. The largest absolute Gasteiger partial charge is 0.660 e. The van der Waals surface area contributed by atoms with E-state index in [1.165, 1.54) is 37.4 Å². The molecule has 2 aliphatic heterocycles. The van der Waals surface area contributed by atoms with Gasteiger partial charge in [-0.25, -0.2) is 0 Å². The van der Waals surface area contributed by atoms with Crippen LogP contribution in [-0.4, -0.2) is 62.1 Å². The van der Waals surface area contributed by atoms with Gasteiger partial charge in [0.15, 0.2) is 0 Å². The van der Waals surface area contributed by atoms with Gasteiger partial charge in [-0.15, -0.1) is 13.1 Å². The monoisotopic (exact) mass is 755 g/mol. The van der Waals surface area contributed by atoms with Crippen molar-refractivity contribution >= 4 is 40.8 Å². The van der Waals surface area contributed by atoms with Crippen LogP contribution in [0.2, 0.25) is 10.0 Å². The van der Waals surface area contributed by atoms with Gasteiger partial charge in [0.1, 0.15) is 5.75 Å². The van der Waals surface area contributed by atoms with E-state index in [1.54, 1.807) is 0 Å². The van der Waals surface area contributed by atoms with Crippen LogP contribution in [-0.2, 0) is 49.2 Å². The molecular weight excluding hydrogens is 708 g/mol. The van der Waals surface area contributed by atoms with Gasteiger partial charge in [-0.2, -0.15) is 11.8 Å². The summed E-state index contributed by atoms with van der Waals surface area (Å²) in [5, 5.41) is 11.0. The van der Waals surface area contributed by atoms with Gasteiger partial charge < -0.3 is 25.3 Å². The molecule has 5 nitrogen and oxygen atoms in total. The minimum Gasteiger partial charge on any atom is -0.660 e. The smallest absolute Gasteiger partial charge is 0.126 e. The first-order valence-corrected chi connectivity index (χ1v) is 18.0. The number of piperazine rings is 1. The molecule has 0 spiro atoms. The van der Waals surface area contributed by atoms with E-state index in [1.807, 2.05) is 67.2 Å². The van der Waals surface area contributed by atoms with Crippen molar-refractivity contribution in [1.82, 2.24) is 4.90 Å². The topological polar surface area (TPSA) is 53.0 Å². The molecule has 0 unspecified atom stereocenters. The zero-order valence-electron chi connectivity index (χ0n) is 28.4. The Balaban J connectivity index is 0.000000408. The van der Waals surface area contributed by atoms with Gasteiger partial charge in [-0.3, -0.25) is 0 Å². The number of thioether (sulfide) groups is 1. The third kappa shape index (κ3) is 9.52. The average Bonchev–Trinajstić information content (AvgIpc) is 3.30. The fraction of sp³-hybridized carbons (Fsp3) is 0.486. The van der Waals surface area contributed by atoms with Crippen LogP contribution in [0, 0.1) is 0 Å². The second-order valence-electron chi connectivity index (χ2n) is 13.0. The van der Waals surface area contributed by atoms with E-state index in [0.717, 1.165) is 35.5 Å². The predicted molar refractivity (Wildman–Crippen MR) is 196 cm³/mol. The Hall–Kier alpha value is -1.12. The SMILES string of the molecule is CCOc1cc(C(C)(C)C)ccc1C1=N[C@@](C)(c2ccc(Cl)cc2)[C@@](C)(c2ccc(Cl)cc2)[N-]1.CSCCCN1CC[N-]CC1.[Y]. The molecule has 0 aliphatic carbocycles. The summed E-state index contributed by atoms with van der Waals surface area (Å²) in [5.41, 5.74) is 2.87. The van der Waals surface area contributed by atoms with Gasteiger partial charge in [-0.1, -0.05) is 100 Å². The molecule has 1 fully saturated rings. The summed E-state index contributed by atoms with van der Waals surface area (Å²) in [6, 6.07) is 22.1. The molecule has 2 heterocycles. The number of hydrogen-bond acceptors (Lipinski definition) is 4. The second kappa shape index (κ2) is 17.5. The van der Waals surface area contributed by atoms with E-state index in [-0.39, 0.29) is 38.1 Å². The van der Waals surface area contributed by atoms with Gasteiger partial charge in [-0.05, 0) is 97.4 Å². The first kappa shape index (κ1) is 39.3. The van der Waals surface area contributed by atoms with E-state index in [0.29, 0.717) is 22.5 Å². The Bertz CT molecular complexity index is 1420. The maximum Gasteiger partial charge on any atom is 0.126 e. The maximum absolute atomic E-state index is 6.21. The van der Waals surface area contributed by atoms with Crippen LogP contribution < -0.4 is 4.74 Å². The van der Waals surface area contributed by atoms with Crippen molar-refractivity contribution in [3.05, 3.63) is 110 Å². The molecule has 0 saturated carbocycles. The molecule has 0 aromatic heterocycles. The van der Waals surface area contributed by atoms with E-state index >= 15 is 0 Å². The zero-order valence-corrected chi connectivity index (χ0v) is 33.6. The van der Waals surface area contributed by atoms with Crippen molar-refractivity contribution < 1.29 is 37.4 Å². The Morgan fingerprint density at radius 2 is 1.50 bits per heavy atom. The van der Waals surface area contributed by atoms with Crippen LogP contribution in [0.4, 0.5) is 0 Å². The quantitative estimate of drug-likeness (QED) is 0.204. The Kier molecular flexibility index (Phi) is 15.0. The van der Waals surface area contributed by atoms with Crippen LogP contribution >= 0.6 is 35.0 Å². The number of nitrogens with zero attached hydrogens (tertiary/aromatic N) is 4. The number of halogens is 2. The number of benzene rings is 3. The normalized spacial score (nSPS) is 21.4. The van der Waals surface area contributed by atoms with Gasteiger partial charge in [0.2, 0.25) is 0 Å². The van der Waals surface area contributed by atoms with Crippen LogP contribution in [0.3, 0.4) is 0 Å². The van der Waals surface area contributed by atoms with Crippen LogP contribution in [0.25, 0.3) is 10.6 Å². The summed E-state index contributed by atoms with van der Waals surface area (Å²) in [6.07, 6.45) is 3.51. The Labute approximate surface area is 316 Å². The molecule has 3 aromatic carbocycles. The average molecular weight is 757 g/mol. The van der Waals surface area contributed by atoms with Gasteiger partial charge in [0.25, 0.3) is 0 Å². The second-order valence-corrected chi connectivity index (χ2v) is 14.8. The van der Waals surface area contributed by atoms with E-state index < -0.39 is 11.1 Å². The molecular formula is C37H48Cl2N4OSY-2. The van der Waals surface area contributed by atoms with E-state index in [2.05, 4.69) is 69.3 Å². The molecule has 5 rings (SSSR count). The van der Waals surface area contributed by atoms with Crippen molar-refractivity contribution in [2.45, 2.75) is 64.5 Å². The molecule has 3 aromatic rings. The summed E-state index contributed by atoms with van der Waals surface area (Å²) < 4.78 is 6.09. The summed E-state index contributed by atoms with van der Waals surface area (Å²) in [6.45, 7) is 19.2. The molecule has 0 amide bonds. The predicted octanol–water partition coefficient (Wildman–Crippen LogP) is 10.1. The molecule has 9 heteroatoms. The first-order valence-electron chi connectivity index (χ1n) is 15.9. The van der Waals surface area contributed by atoms with Gasteiger partial charge in [0.05, 0.1) is 6.61 Å². The van der Waals surface area contributed by atoms with E-state index in [4.69, 9.17) is 38.2 Å². The van der Waals surface area contributed by atoms with Gasteiger partial charge >= 0.3 is 0 Å². The van der Waals surface area contributed by atoms with Crippen molar-refractivity contribution in [1.29, 1.82) is 0 Å². The number of aliphatic imine (C=N–C) groups is 1. The summed E-state index contributed by atoms with van der Waals surface area (Å²) in [5.74, 6) is 2.78. The van der Waals surface area contributed by atoms with Gasteiger partial charge in [0, 0.05) is 59.4 Å². The number of hydrogen-bond donors (Lipinski definition) is 0. The number of ether oxygens (including phenoxy) is 1. The third-order valence-corrected chi connectivity index (χ3v) is 9.98. The Morgan fingerprint density at radius 1 is 0.913 bits per heavy atom. The maximum atomic E-state index is 6.21.